The number of carbonyl (C=O) groups is 2. The van der Waals surface area contributed by atoms with Crippen LogP contribution in [0, 0.1) is 0 Å². The fraction of sp³-hybridized carbons (Fsp3) is 0.843. The lowest BCUT2D eigenvalue weighted by Crippen LogP contribution is -2.37. The maximum atomic E-state index is 12.7. The van der Waals surface area contributed by atoms with Crippen molar-refractivity contribution in [3.05, 3.63) is 36.5 Å². The van der Waals surface area contributed by atoms with E-state index in [9.17, 15) is 19.0 Å². The van der Waals surface area contributed by atoms with Crippen LogP contribution in [0.5, 0.6) is 0 Å². The number of phosphoric acid groups is 1. The van der Waals surface area contributed by atoms with Crippen molar-refractivity contribution in [3.8, 4) is 0 Å². The quantitative estimate of drug-likeness (QED) is 0.0212. The smallest absolute Gasteiger partial charge is 0.462 e. The molecule has 0 rings (SSSR count). The van der Waals surface area contributed by atoms with Gasteiger partial charge in [0.15, 0.2) is 6.10 Å². The highest BCUT2D eigenvalue weighted by Gasteiger charge is 2.27. The SMILES string of the molecule is CCCCC/C=C\CCCCCCCC(=O)OCC(COP(=O)(O)OCC[N+](C)(C)C)OC(=O)CCCCCCCCCCCCCCC/C=C\C/C=C\CCCCCCC. The van der Waals surface area contributed by atoms with Crippen molar-refractivity contribution in [2.24, 2.45) is 0 Å². The highest BCUT2D eigenvalue weighted by Crippen LogP contribution is 2.43. The summed E-state index contributed by atoms with van der Waals surface area (Å²) in [6, 6.07) is 0. The lowest BCUT2D eigenvalue weighted by atomic mass is 10.0. The zero-order valence-electron chi connectivity index (χ0n) is 40.4. The van der Waals surface area contributed by atoms with Gasteiger partial charge in [0.05, 0.1) is 27.7 Å². The van der Waals surface area contributed by atoms with Crippen molar-refractivity contribution in [1.82, 2.24) is 0 Å². The standard InChI is InChI=1S/C51H96NO8P/c1-6-8-10-12-14-16-18-20-21-22-23-24-25-26-27-28-29-30-31-32-34-36-38-40-42-44-51(54)60-49(48-59-61(55,56)58-46-45-52(3,4)5)47-57-50(53)43-41-39-37-35-33-19-17-15-13-11-9-7-2/h15,17-18,20,22-23,49H,6-14,16,19,21,24-48H2,1-5H3/p+1/b17-15-,20-18-,23-22-. The van der Waals surface area contributed by atoms with Gasteiger partial charge in [-0.05, 0) is 70.6 Å². The maximum absolute atomic E-state index is 12.7. The van der Waals surface area contributed by atoms with E-state index in [1.54, 1.807) is 0 Å². The number of hydrogen-bond acceptors (Lipinski definition) is 7. The summed E-state index contributed by atoms with van der Waals surface area (Å²) in [5, 5.41) is 0. The Hall–Kier alpha value is -1.77. The minimum absolute atomic E-state index is 0.0308. The second kappa shape index (κ2) is 43.5. The van der Waals surface area contributed by atoms with Crippen molar-refractivity contribution in [2.45, 2.75) is 232 Å². The molecule has 0 bridgehead atoms. The van der Waals surface area contributed by atoms with Gasteiger partial charge in [0.2, 0.25) is 0 Å². The van der Waals surface area contributed by atoms with Gasteiger partial charge in [-0.15, -0.1) is 0 Å². The van der Waals surface area contributed by atoms with Gasteiger partial charge in [0, 0.05) is 12.8 Å². The molecule has 0 aliphatic heterocycles. The van der Waals surface area contributed by atoms with Crippen LogP contribution in [0.1, 0.15) is 226 Å². The average Bonchev–Trinajstić information content (AvgIpc) is 3.21. The van der Waals surface area contributed by atoms with E-state index in [0.717, 1.165) is 57.8 Å². The number of phosphoric ester groups is 1. The molecule has 0 aromatic rings. The molecule has 0 saturated carbocycles. The van der Waals surface area contributed by atoms with Crippen LogP contribution in [0.15, 0.2) is 36.5 Å². The van der Waals surface area contributed by atoms with Gasteiger partial charge in [-0.3, -0.25) is 18.6 Å². The topological polar surface area (TPSA) is 108 Å². The predicted molar refractivity (Wildman–Crippen MR) is 257 cm³/mol. The molecule has 0 saturated heterocycles. The summed E-state index contributed by atoms with van der Waals surface area (Å²) < 4.78 is 34.4. The minimum atomic E-state index is -4.38. The van der Waals surface area contributed by atoms with Gasteiger partial charge >= 0.3 is 19.8 Å². The molecule has 61 heavy (non-hydrogen) atoms. The first-order chi connectivity index (χ1) is 29.5. The van der Waals surface area contributed by atoms with Gasteiger partial charge in [0.1, 0.15) is 19.8 Å². The molecule has 0 radical (unpaired) electrons. The van der Waals surface area contributed by atoms with E-state index < -0.39 is 26.5 Å². The van der Waals surface area contributed by atoms with Crippen LogP contribution >= 0.6 is 7.82 Å². The molecule has 0 aliphatic rings. The number of hydrogen-bond donors (Lipinski definition) is 1. The summed E-state index contributed by atoms with van der Waals surface area (Å²) in [5.74, 6) is -0.805. The fourth-order valence-electron chi connectivity index (χ4n) is 6.92. The molecule has 0 aliphatic carbocycles. The summed E-state index contributed by atoms with van der Waals surface area (Å²) in [6.45, 7) is 4.40. The van der Waals surface area contributed by atoms with E-state index in [4.69, 9.17) is 18.5 Å². The number of unbranched alkanes of at least 4 members (excludes halogenated alkanes) is 26. The number of ether oxygens (including phenoxy) is 2. The molecule has 0 fully saturated rings. The summed E-state index contributed by atoms with van der Waals surface area (Å²) in [5.41, 5.74) is 0. The van der Waals surface area contributed by atoms with E-state index in [-0.39, 0.29) is 32.0 Å². The van der Waals surface area contributed by atoms with Crippen molar-refractivity contribution >= 4 is 19.8 Å². The molecule has 0 spiro atoms. The molecule has 0 aromatic carbocycles. The van der Waals surface area contributed by atoms with Crippen LogP contribution < -0.4 is 0 Å². The third-order valence-corrected chi connectivity index (χ3v) is 11.9. The number of likely N-dealkylation sites (N-methyl/N-ethyl adjacent to an activating group) is 1. The highest BCUT2D eigenvalue weighted by atomic mass is 31.2. The third-order valence-electron chi connectivity index (χ3n) is 10.9. The Labute approximate surface area is 376 Å². The monoisotopic (exact) mass is 883 g/mol. The Morgan fingerprint density at radius 3 is 1.34 bits per heavy atom. The molecular formula is C51H97NO8P+. The largest absolute Gasteiger partial charge is 0.472 e. The van der Waals surface area contributed by atoms with Gasteiger partial charge in [-0.25, -0.2) is 4.57 Å². The van der Waals surface area contributed by atoms with E-state index in [0.29, 0.717) is 17.4 Å². The molecule has 0 aromatic heterocycles. The number of nitrogens with zero attached hydrogens (tertiary/aromatic N) is 1. The first-order valence-corrected chi connectivity index (χ1v) is 26.7. The summed E-state index contributed by atoms with van der Waals surface area (Å²) >= 11 is 0. The molecule has 358 valence electrons. The normalized spacial score (nSPS) is 13.7. The lowest BCUT2D eigenvalue weighted by molar-refractivity contribution is -0.870. The Balaban J connectivity index is 4.17. The van der Waals surface area contributed by atoms with Gasteiger partial charge < -0.3 is 18.9 Å². The van der Waals surface area contributed by atoms with Crippen LogP contribution in [0.25, 0.3) is 0 Å². The molecule has 0 heterocycles. The Kier molecular flexibility index (Phi) is 42.2. The minimum Gasteiger partial charge on any atom is -0.462 e. The van der Waals surface area contributed by atoms with Crippen molar-refractivity contribution in [2.75, 3.05) is 47.5 Å². The van der Waals surface area contributed by atoms with Gasteiger partial charge in [0.25, 0.3) is 0 Å². The van der Waals surface area contributed by atoms with Gasteiger partial charge in [-0.2, -0.15) is 0 Å². The number of carbonyl (C=O) groups excluding carboxylic acids is 2. The highest BCUT2D eigenvalue weighted by molar-refractivity contribution is 7.47. The first kappa shape index (κ1) is 59.2. The van der Waals surface area contributed by atoms with Crippen molar-refractivity contribution < 1.29 is 42.1 Å². The Bertz CT molecular complexity index is 1130. The van der Waals surface area contributed by atoms with Gasteiger partial charge in [-0.1, -0.05) is 179 Å². The summed E-state index contributed by atoms with van der Waals surface area (Å²) in [7, 11) is 1.48. The number of rotatable bonds is 46. The van der Waals surface area contributed by atoms with Crippen LogP contribution in [0.3, 0.4) is 0 Å². The zero-order valence-corrected chi connectivity index (χ0v) is 41.3. The lowest BCUT2D eigenvalue weighted by Gasteiger charge is -2.24. The molecular weight excluding hydrogens is 786 g/mol. The van der Waals surface area contributed by atoms with E-state index in [1.165, 1.54) is 135 Å². The molecule has 9 nitrogen and oxygen atoms in total. The average molecular weight is 883 g/mol. The third kappa shape index (κ3) is 47.5. The van der Waals surface area contributed by atoms with Crippen LogP contribution in [0.4, 0.5) is 0 Å². The zero-order chi connectivity index (χ0) is 45.0. The van der Waals surface area contributed by atoms with E-state index >= 15 is 0 Å². The second-order valence-electron chi connectivity index (χ2n) is 18.2. The first-order valence-electron chi connectivity index (χ1n) is 25.2. The molecule has 10 heteroatoms. The van der Waals surface area contributed by atoms with Crippen LogP contribution in [-0.4, -0.2) is 74.9 Å². The number of allylic oxidation sites excluding steroid dienone is 6. The molecule has 2 atom stereocenters. The Morgan fingerprint density at radius 2 is 0.885 bits per heavy atom. The number of esters is 2. The maximum Gasteiger partial charge on any atom is 0.472 e. The fourth-order valence-corrected chi connectivity index (χ4v) is 7.66. The van der Waals surface area contributed by atoms with E-state index in [1.807, 2.05) is 21.1 Å². The summed E-state index contributed by atoms with van der Waals surface area (Å²) in [6.07, 6.45) is 50.6. The second-order valence-corrected chi connectivity index (χ2v) is 19.6. The summed E-state index contributed by atoms with van der Waals surface area (Å²) in [4.78, 5) is 35.4. The van der Waals surface area contributed by atoms with Crippen molar-refractivity contribution in [3.63, 3.8) is 0 Å². The van der Waals surface area contributed by atoms with Crippen LogP contribution in [-0.2, 0) is 32.7 Å². The number of quaternary nitrogens is 1. The molecule has 1 N–H and O–H groups in total. The van der Waals surface area contributed by atoms with E-state index in [2.05, 4.69) is 50.3 Å². The Morgan fingerprint density at radius 1 is 0.508 bits per heavy atom. The van der Waals surface area contributed by atoms with Crippen LogP contribution in [0.2, 0.25) is 0 Å². The van der Waals surface area contributed by atoms with Crippen molar-refractivity contribution in [1.29, 1.82) is 0 Å². The molecule has 0 amide bonds. The predicted octanol–water partition coefficient (Wildman–Crippen LogP) is 14.9. The molecule has 2 unspecified atom stereocenters.